The Morgan fingerprint density at radius 2 is 1.67 bits per heavy atom. The van der Waals surface area contributed by atoms with E-state index in [1.54, 1.807) is 0 Å². The zero-order chi connectivity index (χ0) is 24.3. The Labute approximate surface area is 200 Å². The Balaban J connectivity index is 1.50. The van der Waals surface area contributed by atoms with Gasteiger partial charge in [0.05, 0.1) is 18.5 Å². The van der Waals surface area contributed by atoms with Gasteiger partial charge in [-0.25, -0.2) is 8.42 Å². The predicted molar refractivity (Wildman–Crippen MR) is 129 cm³/mol. The van der Waals surface area contributed by atoms with E-state index in [0.29, 0.717) is 41.9 Å². The largest absolute Gasteiger partial charge is 0.393 e. The zero-order valence-corrected chi connectivity index (χ0v) is 21.9. The van der Waals surface area contributed by atoms with Gasteiger partial charge in [0.15, 0.2) is 0 Å². The number of nitrogens with one attached hydrogen (secondary N) is 1. The molecule has 190 valence electrons. The summed E-state index contributed by atoms with van der Waals surface area (Å²) in [4.78, 5) is 12.1. The fraction of sp³-hybridized carbons (Fsp3) is 0.962. The molecule has 0 saturated heterocycles. The number of sulfonamides is 1. The highest BCUT2D eigenvalue weighted by Gasteiger charge is 2.64. The number of amides is 1. The molecule has 6 nitrogen and oxygen atoms in total. The molecular formula is C26H45NO5S. The van der Waals surface area contributed by atoms with E-state index in [0.717, 1.165) is 51.2 Å². The molecular weight excluding hydrogens is 438 g/mol. The van der Waals surface area contributed by atoms with Gasteiger partial charge in [0.25, 0.3) is 0 Å². The summed E-state index contributed by atoms with van der Waals surface area (Å²) in [6.45, 7) is 9.30. The van der Waals surface area contributed by atoms with E-state index in [4.69, 9.17) is 0 Å². The number of carbonyl (C=O) groups is 1. The molecule has 4 aliphatic carbocycles. The molecule has 4 rings (SSSR count). The summed E-state index contributed by atoms with van der Waals surface area (Å²) in [5, 5.41) is 21.9. The second kappa shape index (κ2) is 8.77. The molecule has 7 heteroatoms. The smallest absolute Gasteiger partial charge is 0.233 e. The van der Waals surface area contributed by atoms with Crippen LogP contribution in [0.15, 0.2) is 0 Å². The first-order valence-corrected chi connectivity index (χ1v) is 15.0. The third kappa shape index (κ3) is 4.40. The molecule has 0 bridgehead atoms. The predicted octanol–water partition coefficient (Wildman–Crippen LogP) is 3.72. The van der Waals surface area contributed by atoms with Crippen LogP contribution in [0, 0.1) is 52.3 Å². The van der Waals surface area contributed by atoms with E-state index < -0.39 is 15.9 Å². The van der Waals surface area contributed by atoms with Gasteiger partial charge in [0.2, 0.25) is 15.9 Å². The van der Waals surface area contributed by atoms with Crippen molar-refractivity contribution in [2.45, 2.75) is 97.7 Å². The number of rotatable bonds is 5. The number of carbonyl (C=O) groups excluding carboxylic acids is 1. The zero-order valence-electron chi connectivity index (χ0n) is 21.1. The van der Waals surface area contributed by atoms with Gasteiger partial charge in [-0.2, -0.15) is 0 Å². The van der Waals surface area contributed by atoms with Crippen molar-refractivity contribution in [1.82, 2.24) is 4.72 Å². The van der Waals surface area contributed by atoms with Crippen molar-refractivity contribution in [1.29, 1.82) is 0 Å². The molecule has 0 heterocycles. The van der Waals surface area contributed by atoms with Gasteiger partial charge < -0.3 is 10.2 Å². The molecule has 4 saturated carbocycles. The Morgan fingerprint density at radius 3 is 2.33 bits per heavy atom. The molecule has 0 aliphatic heterocycles. The number of fused-ring (bicyclic) bond motifs is 5. The van der Waals surface area contributed by atoms with E-state index in [-0.39, 0.29) is 35.4 Å². The first-order chi connectivity index (χ1) is 15.3. The van der Waals surface area contributed by atoms with Crippen LogP contribution >= 0.6 is 0 Å². The van der Waals surface area contributed by atoms with Crippen molar-refractivity contribution < 1.29 is 23.4 Å². The maximum absolute atomic E-state index is 12.1. The molecule has 0 aromatic rings. The molecule has 1 amide bonds. The normalized spacial score (nSPS) is 48.3. The fourth-order valence-electron chi connectivity index (χ4n) is 9.44. The van der Waals surface area contributed by atoms with Crippen molar-refractivity contribution in [2.24, 2.45) is 52.3 Å². The van der Waals surface area contributed by atoms with Crippen molar-refractivity contribution in [3.8, 4) is 0 Å². The molecule has 4 aliphatic rings. The SMILES string of the molecule is C[C@H]1[C@@H](O)[C@@H]2[C@H](CC[C@]3(C)[C@@H]([C@H](C)CCC(=O)NS(C)(=O)=O)CC[C@@H]23)[C@@]2(C)CC[C@@H](O)C[C@@H]12. The number of aliphatic hydroxyl groups excluding tert-OH is 2. The lowest BCUT2D eigenvalue weighted by molar-refractivity contribution is -0.199. The lowest BCUT2D eigenvalue weighted by Gasteiger charge is -2.64. The van der Waals surface area contributed by atoms with E-state index in [1.807, 2.05) is 0 Å². The van der Waals surface area contributed by atoms with Gasteiger partial charge in [-0.05, 0) is 104 Å². The standard InChI is InChI=1S/C26H45NO5S/c1-15(6-9-22(29)27-33(5,31)32)18-7-8-19-23-20(11-13-25(18,19)3)26(4)12-10-17(28)14-21(26)16(2)24(23)30/h15-21,23-24,28,30H,6-14H2,1-5H3,(H,27,29)/t15-,16-,17-,18-,19+,20+,21+,23+,24-,25-,26-/m1/s1. The van der Waals surface area contributed by atoms with Crippen LogP contribution in [0.2, 0.25) is 0 Å². The Hall–Kier alpha value is -0.660. The minimum absolute atomic E-state index is 0.159. The quantitative estimate of drug-likeness (QED) is 0.553. The first kappa shape index (κ1) is 25.4. The summed E-state index contributed by atoms with van der Waals surface area (Å²) in [5.74, 6) is 2.37. The van der Waals surface area contributed by atoms with Crippen LogP contribution in [0.25, 0.3) is 0 Å². The first-order valence-electron chi connectivity index (χ1n) is 13.1. The number of hydrogen-bond acceptors (Lipinski definition) is 5. The highest BCUT2D eigenvalue weighted by Crippen LogP contribution is 2.69. The molecule has 0 aromatic carbocycles. The van der Waals surface area contributed by atoms with Gasteiger partial charge in [0, 0.05) is 6.42 Å². The van der Waals surface area contributed by atoms with Crippen LogP contribution in [0.5, 0.6) is 0 Å². The highest BCUT2D eigenvalue weighted by atomic mass is 32.2. The second-order valence-corrected chi connectivity index (χ2v) is 14.5. The van der Waals surface area contributed by atoms with Crippen molar-refractivity contribution in [3.05, 3.63) is 0 Å². The van der Waals surface area contributed by atoms with Crippen LogP contribution in [0.3, 0.4) is 0 Å². The molecule has 0 aromatic heterocycles. The minimum Gasteiger partial charge on any atom is -0.393 e. The van der Waals surface area contributed by atoms with Crippen LogP contribution in [0.4, 0.5) is 0 Å². The van der Waals surface area contributed by atoms with E-state index >= 15 is 0 Å². The third-order valence-electron chi connectivity index (χ3n) is 11.0. The van der Waals surface area contributed by atoms with Gasteiger partial charge in [-0.3, -0.25) is 9.52 Å². The number of hydrogen-bond donors (Lipinski definition) is 3. The molecule has 4 fully saturated rings. The summed E-state index contributed by atoms with van der Waals surface area (Å²) < 4.78 is 24.8. The van der Waals surface area contributed by atoms with Gasteiger partial charge in [-0.15, -0.1) is 0 Å². The van der Waals surface area contributed by atoms with Crippen LogP contribution in [0.1, 0.15) is 85.5 Å². The Kier molecular flexibility index (Phi) is 6.76. The molecule has 0 unspecified atom stereocenters. The average Bonchev–Trinajstić information content (AvgIpc) is 3.07. The maximum Gasteiger partial charge on any atom is 0.233 e. The van der Waals surface area contributed by atoms with Gasteiger partial charge in [0.1, 0.15) is 0 Å². The molecule has 3 N–H and O–H groups in total. The average molecular weight is 484 g/mol. The summed E-state index contributed by atoms with van der Waals surface area (Å²) in [7, 11) is -3.51. The number of aliphatic hydroxyl groups is 2. The maximum atomic E-state index is 12.1. The molecule has 11 atom stereocenters. The van der Waals surface area contributed by atoms with Crippen molar-refractivity contribution >= 4 is 15.9 Å². The second-order valence-electron chi connectivity index (χ2n) is 12.7. The van der Waals surface area contributed by atoms with Crippen molar-refractivity contribution in [3.63, 3.8) is 0 Å². The fourth-order valence-corrected chi connectivity index (χ4v) is 9.96. The topological polar surface area (TPSA) is 104 Å². The lowest BCUT2D eigenvalue weighted by atomic mass is 9.42. The summed E-state index contributed by atoms with van der Waals surface area (Å²) in [6.07, 6.45) is 8.76. The van der Waals surface area contributed by atoms with E-state index in [1.165, 1.54) is 0 Å². The van der Waals surface area contributed by atoms with E-state index in [9.17, 15) is 23.4 Å². The van der Waals surface area contributed by atoms with Gasteiger partial charge >= 0.3 is 0 Å². The summed E-state index contributed by atoms with van der Waals surface area (Å²) >= 11 is 0. The van der Waals surface area contributed by atoms with Crippen LogP contribution in [-0.2, 0) is 14.8 Å². The molecule has 33 heavy (non-hydrogen) atoms. The third-order valence-corrected chi connectivity index (χ3v) is 11.6. The van der Waals surface area contributed by atoms with Gasteiger partial charge in [-0.1, -0.05) is 27.7 Å². The highest BCUT2D eigenvalue weighted by molar-refractivity contribution is 7.89. The minimum atomic E-state index is -3.51. The summed E-state index contributed by atoms with van der Waals surface area (Å²) in [5.41, 5.74) is 0.364. The molecule has 0 spiro atoms. The lowest BCUT2D eigenvalue weighted by Crippen LogP contribution is -2.61. The summed E-state index contributed by atoms with van der Waals surface area (Å²) in [6, 6.07) is 0. The monoisotopic (exact) mass is 483 g/mol. The van der Waals surface area contributed by atoms with Crippen LogP contribution < -0.4 is 4.72 Å². The van der Waals surface area contributed by atoms with Crippen molar-refractivity contribution in [2.75, 3.05) is 6.26 Å². The Morgan fingerprint density at radius 1 is 1.03 bits per heavy atom. The molecule has 0 radical (unpaired) electrons. The van der Waals surface area contributed by atoms with E-state index in [2.05, 4.69) is 32.4 Å². The Bertz CT molecular complexity index is 861. The van der Waals surface area contributed by atoms with Crippen LogP contribution in [-0.4, -0.2) is 43.0 Å².